The van der Waals surface area contributed by atoms with Crippen LogP contribution in [0, 0.1) is 16.0 Å². The van der Waals surface area contributed by atoms with Crippen molar-refractivity contribution >= 4 is 29.4 Å². The molecule has 172 valence electrons. The topological polar surface area (TPSA) is 110 Å². The summed E-state index contributed by atoms with van der Waals surface area (Å²) in [6.07, 6.45) is 2.95. The van der Waals surface area contributed by atoms with Crippen molar-refractivity contribution < 1.29 is 14.5 Å². The van der Waals surface area contributed by atoms with E-state index in [2.05, 4.69) is 10.4 Å². The molecule has 0 saturated carbocycles. The molecule has 0 spiro atoms. The van der Waals surface area contributed by atoms with Crippen LogP contribution in [0.1, 0.15) is 45.9 Å². The summed E-state index contributed by atoms with van der Waals surface area (Å²) in [5.41, 5.74) is 1.35. The third-order valence-corrected chi connectivity index (χ3v) is 4.67. The normalized spacial score (nSPS) is 11.7. The molecule has 1 aromatic heterocycles. The Kier molecular flexibility index (Phi) is 7.91. The second kappa shape index (κ2) is 10.2. The van der Waals surface area contributed by atoms with Crippen molar-refractivity contribution in [3.8, 4) is 0 Å². The van der Waals surface area contributed by atoms with E-state index < -0.39 is 4.92 Å². The van der Waals surface area contributed by atoms with E-state index in [1.807, 2.05) is 40.7 Å². The van der Waals surface area contributed by atoms with Gasteiger partial charge in [0.05, 0.1) is 10.6 Å². The number of hydrogen-bond donors (Lipinski definition) is 1. The number of nitrogens with one attached hydrogen (secondary N) is 1. The maximum absolute atomic E-state index is 12.8. The minimum Gasteiger partial charge on any atom is -0.330 e. The first-order valence-electron chi connectivity index (χ1n) is 10.4. The van der Waals surface area contributed by atoms with Gasteiger partial charge in [-0.2, -0.15) is 5.10 Å². The number of amides is 2. The van der Waals surface area contributed by atoms with Gasteiger partial charge in [0.15, 0.2) is 0 Å². The first kappa shape index (κ1) is 24.8. The van der Waals surface area contributed by atoms with Crippen molar-refractivity contribution in [2.24, 2.45) is 13.0 Å². The van der Waals surface area contributed by atoms with Gasteiger partial charge in [-0.3, -0.25) is 24.4 Å². The molecular formula is C23H31N5O4. The minimum absolute atomic E-state index is 0.0173. The first-order valence-corrected chi connectivity index (χ1v) is 10.4. The van der Waals surface area contributed by atoms with Crippen LogP contribution in [-0.2, 0) is 22.1 Å². The highest BCUT2D eigenvalue weighted by Crippen LogP contribution is 2.23. The zero-order chi connectivity index (χ0) is 24.1. The Hall–Kier alpha value is -3.49. The third kappa shape index (κ3) is 7.04. The van der Waals surface area contributed by atoms with Crippen molar-refractivity contribution in [3.05, 3.63) is 57.8 Å². The van der Waals surface area contributed by atoms with Crippen LogP contribution in [0.3, 0.4) is 0 Å². The smallest absolute Gasteiger partial charge is 0.269 e. The van der Waals surface area contributed by atoms with E-state index in [1.165, 1.54) is 23.1 Å². The molecule has 0 fully saturated rings. The largest absolute Gasteiger partial charge is 0.330 e. The molecule has 0 aliphatic heterocycles. The number of nitro groups is 1. The number of anilines is 1. The number of rotatable bonds is 8. The summed E-state index contributed by atoms with van der Waals surface area (Å²) in [4.78, 5) is 37.2. The van der Waals surface area contributed by atoms with E-state index in [4.69, 9.17) is 0 Å². The van der Waals surface area contributed by atoms with E-state index in [-0.39, 0.29) is 35.4 Å². The summed E-state index contributed by atoms with van der Waals surface area (Å²) in [7, 11) is 1.76. The molecule has 2 aromatic rings. The predicted octanol–water partition coefficient (Wildman–Crippen LogP) is 3.76. The van der Waals surface area contributed by atoms with Crippen LogP contribution in [0.25, 0.3) is 6.08 Å². The predicted molar refractivity (Wildman–Crippen MR) is 124 cm³/mol. The Bertz CT molecular complexity index is 1000. The highest BCUT2D eigenvalue weighted by Gasteiger charge is 2.21. The molecule has 0 aliphatic rings. The number of hydrogen-bond acceptors (Lipinski definition) is 5. The molecule has 1 heterocycles. The van der Waals surface area contributed by atoms with E-state index >= 15 is 0 Å². The molecule has 0 atom stereocenters. The fourth-order valence-corrected chi connectivity index (χ4v) is 2.96. The molecule has 0 aliphatic carbocycles. The average Bonchev–Trinajstić information content (AvgIpc) is 3.06. The molecule has 0 radical (unpaired) electrons. The average molecular weight is 442 g/mol. The molecule has 0 saturated heterocycles. The van der Waals surface area contributed by atoms with Crippen LogP contribution in [0.15, 0.2) is 36.4 Å². The Morgan fingerprint density at radius 3 is 2.38 bits per heavy atom. The molecule has 1 N–H and O–H groups in total. The third-order valence-electron chi connectivity index (χ3n) is 4.67. The minimum atomic E-state index is -0.478. The van der Waals surface area contributed by atoms with Gasteiger partial charge in [0.1, 0.15) is 12.4 Å². The summed E-state index contributed by atoms with van der Waals surface area (Å²) in [6.45, 7) is 10.4. The molecule has 0 bridgehead atoms. The van der Waals surface area contributed by atoms with Gasteiger partial charge in [-0.15, -0.1) is 0 Å². The standard InChI is InChI=1S/C23H31N5O4/c1-16(2)14-27(22(30)12-9-17-7-10-18(11-8-17)28(31)32)15-21(29)24-20-13-19(23(3,4)5)25-26(20)6/h7-13,16H,14-15H2,1-6H3,(H,24,29)/b12-9+. The molecule has 9 nitrogen and oxygen atoms in total. The van der Waals surface area contributed by atoms with Gasteiger partial charge in [0, 0.05) is 43.3 Å². The van der Waals surface area contributed by atoms with Gasteiger partial charge in [-0.1, -0.05) is 34.6 Å². The Morgan fingerprint density at radius 2 is 1.88 bits per heavy atom. The number of nitrogens with zero attached hydrogens (tertiary/aromatic N) is 4. The zero-order valence-corrected chi connectivity index (χ0v) is 19.5. The molecule has 1 aromatic carbocycles. The van der Waals surface area contributed by atoms with E-state index in [0.29, 0.717) is 17.9 Å². The monoisotopic (exact) mass is 441 g/mol. The molecule has 32 heavy (non-hydrogen) atoms. The van der Waals surface area contributed by atoms with Gasteiger partial charge in [0.25, 0.3) is 5.69 Å². The molecule has 9 heteroatoms. The molecule has 2 rings (SSSR count). The Labute approximate surface area is 188 Å². The highest BCUT2D eigenvalue weighted by molar-refractivity contribution is 5.97. The lowest BCUT2D eigenvalue weighted by Gasteiger charge is -2.22. The van der Waals surface area contributed by atoms with Crippen LogP contribution < -0.4 is 5.32 Å². The summed E-state index contributed by atoms with van der Waals surface area (Å²) >= 11 is 0. The lowest BCUT2D eigenvalue weighted by Crippen LogP contribution is -2.39. The maximum Gasteiger partial charge on any atom is 0.269 e. The molecule has 0 unspecified atom stereocenters. The Balaban J connectivity index is 2.08. The van der Waals surface area contributed by atoms with Crippen LogP contribution >= 0.6 is 0 Å². The number of aromatic nitrogens is 2. The van der Waals surface area contributed by atoms with Crippen molar-refractivity contribution in [2.45, 2.75) is 40.0 Å². The second-order valence-corrected chi connectivity index (χ2v) is 9.13. The number of non-ortho nitro benzene ring substituents is 1. The first-order chi connectivity index (χ1) is 14.9. The van der Waals surface area contributed by atoms with E-state index in [9.17, 15) is 19.7 Å². The van der Waals surface area contributed by atoms with Crippen LogP contribution in [0.4, 0.5) is 11.5 Å². The molecule has 2 amide bonds. The fourth-order valence-electron chi connectivity index (χ4n) is 2.96. The van der Waals surface area contributed by atoms with E-state index in [0.717, 1.165) is 5.69 Å². The fraction of sp³-hybridized carbons (Fsp3) is 0.435. The number of carbonyl (C=O) groups excluding carboxylic acids is 2. The highest BCUT2D eigenvalue weighted by atomic mass is 16.6. The maximum atomic E-state index is 12.8. The summed E-state index contributed by atoms with van der Waals surface area (Å²) < 4.78 is 1.61. The van der Waals surface area contributed by atoms with Crippen molar-refractivity contribution in [2.75, 3.05) is 18.4 Å². The molecular weight excluding hydrogens is 410 g/mol. The lowest BCUT2D eigenvalue weighted by atomic mass is 9.92. The summed E-state index contributed by atoms with van der Waals surface area (Å²) in [6, 6.07) is 7.72. The quantitative estimate of drug-likeness (QED) is 0.381. The van der Waals surface area contributed by atoms with Gasteiger partial charge in [-0.05, 0) is 29.7 Å². The number of benzene rings is 1. The van der Waals surface area contributed by atoms with Gasteiger partial charge < -0.3 is 10.2 Å². The van der Waals surface area contributed by atoms with Gasteiger partial charge in [0.2, 0.25) is 11.8 Å². The summed E-state index contributed by atoms with van der Waals surface area (Å²) in [5.74, 6) is 0.112. The van der Waals surface area contributed by atoms with Crippen LogP contribution in [0.2, 0.25) is 0 Å². The van der Waals surface area contributed by atoms with Crippen molar-refractivity contribution in [1.29, 1.82) is 0 Å². The van der Waals surface area contributed by atoms with Crippen molar-refractivity contribution in [3.63, 3.8) is 0 Å². The second-order valence-electron chi connectivity index (χ2n) is 9.13. The summed E-state index contributed by atoms with van der Waals surface area (Å²) in [5, 5.41) is 18.0. The SMILES string of the molecule is CC(C)CN(CC(=O)Nc1cc(C(C)(C)C)nn1C)C(=O)/C=C/c1ccc([N+](=O)[O-])cc1. The van der Waals surface area contributed by atoms with Crippen molar-refractivity contribution in [1.82, 2.24) is 14.7 Å². The lowest BCUT2D eigenvalue weighted by molar-refractivity contribution is -0.384. The van der Waals surface area contributed by atoms with Gasteiger partial charge in [-0.25, -0.2) is 0 Å². The number of aryl methyl sites for hydroxylation is 1. The van der Waals surface area contributed by atoms with E-state index in [1.54, 1.807) is 29.9 Å². The van der Waals surface area contributed by atoms with Gasteiger partial charge >= 0.3 is 0 Å². The van der Waals surface area contributed by atoms with Crippen LogP contribution in [-0.4, -0.2) is 44.5 Å². The number of nitro benzene ring substituents is 1. The Morgan fingerprint density at radius 1 is 1.25 bits per heavy atom. The zero-order valence-electron chi connectivity index (χ0n) is 19.5. The van der Waals surface area contributed by atoms with Crippen LogP contribution in [0.5, 0.6) is 0 Å². The number of carbonyl (C=O) groups is 2.